The fourth-order valence-corrected chi connectivity index (χ4v) is 4.04. The molecule has 0 aliphatic carbocycles. The number of amides is 3. The number of carboxylic acid groups (broad SMARTS) is 1. The summed E-state index contributed by atoms with van der Waals surface area (Å²) in [4.78, 5) is 54.0. The van der Waals surface area contributed by atoms with Crippen molar-refractivity contribution in [2.75, 3.05) is 11.4 Å². The molecular formula is C22H19F3N4O5. The number of imidazole rings is 1. The number of halogens is 3. The number of aryl methyl sites for hydroxylation is 1. The maximum absolute atomic E-state index is 13.3. The molecule has 1 fully saturated rings. The van der Waals surface area contributed by atoms with Crippen LogP contribution in [0, 0.1) is 12.8 Å². The summed E-state index contributed by atoms with van der Waals surface area (Å²) in [7, 11) is 1.55. The monoisotopic (exact) mass is 476 g/mol. The Hall–Kier alpha value is -4.09. The largest absolute Gasteiger partial charge is 0.481 e. The van der Waals surface area contributed by atoms with Crippen molar-refractivity contribution in [2.24, 2.45) is 13.0 Å². The van der Waals surface area contributed by atoms with Gasteiger partial charge in [0.1, 0.15) is 0 Å². The Balaban J connectivity index is 1.75. The van der Waals surface area contributed by atoms with Crippen molar-refractivity contribution in [2.45, 2.75) is 19.6 Å². The highest BCUT2D eigenvalue weighted by Crippen LogP contribution is 2.34. The second-order valence-corrected chi connectivity index (χ2v) is 7.99. The number of aromatic amines is 1. The molecule has 1 aliphatic heterocycles. The fourth-order valence-electron chi connectivity index (χ4n) is 4.04. The minimum absolute atomic E-state index is 0.0605. The molecule has 2 aromatic carbocycles. The Bertz CT molecular complexity index is 1390. The molecule has 1 aromatic heterocycles. The van der Waals surface area contributed by atoms with Crippen LogP contribution >= 0.6 is 0 Å². The topological polar surface area (TPSA) is 116 Å². The SMILES string of the molecule is Cc1c(CN2C(=O)C(C(=O)O)CN(c3ccc4c(c3)[nH]c(=O)n4C)C2=O)cccc1C(F)(F)F. The molecule has 0 spiro atoms. The van der Waals surface area contributed by atoms with E-state index in [4.69, 9.17) is 0 Å². The first-order chi connectivity index (χ1) is 15.9. The number of alkyl halides is 3. The Morgan fingerprint density at radius 2 is 1.88 bits per heavy atom. The van der Waals surface area contributed by atoms with E-state index in [2.05, 4.69) is 4.98 Å². The van der Waals surface area contributed by atoms with Gasteiger partial charge in [-0.25, -0.2) is 9.59 Å². The number of hydrogen-bond acceptors (Lipinski definition) is 4. The lowest BCUT2D eigenvalue weighted by atomic mass is 9.99. The summed E-state index contributed by atoms with van der Waals surface area (Å²) < 4.78 is 41.3. The molecule has 0 bridgehead atoms. The van der Waals surface area contributed by atoms with Crippen LogP contribution in [0.3, 0.4) is 0 Å². The number of aliphatic carboxylic acids is 1. The first-order valence-corrected chi connectivity index (χ1v) is 10.1. The first-order valence-electron chi connectivity index (χ1n) is 10.1. The van der Waals surface area contributed by atoms with Crippen LogP contribution in [0.15, 0.2) is 41.2 Å². The van der Waals surface area contributed by atoms with Crippen LogP contribution in [-0.4, -0.2) is 44.0 Å². The highest BCUT2D eigenvalue weighted by Gasteiger charge is 2.44. The lowest BCUT2D eigenvalue weighted by molar-refractivity contribution is -0.150. The van der Waals surface area contributed by atoms with E-state index < -0.39 is 54.3 Å². The Morgan fingerprint density at radius 3 is 2.53 bits per heavy atom. The number of urea groups is 1. The zero-order valence-electron chi connectivity index (χ0n) is 18.0. The number of fused-ring (bicyclic) bond motifs is 1. The highest BCUT2D eigenvalue weighted by molar-refractivity contribution is 6.12. The zero-order valence-corrected chi connectivity index (χ0v) is 18.0. The molecule has 34 heavy (non-hydrogen) atoms. The third-order valence-corrected chi connectivity index (χ3v) is 5.97. The summed E-state index contributed by atoms with van der Waals surface area (Å²) >= 11 is 0. The van der Waals surface area contributed by atoms with Gasteiger partial charge < -0.3 is 10.1 Å². The molecule has 0 radical (unpaired) electrons. The van der Waals surface area contributed by atoms with Crippen LogP contribution in [0.4, 0.5) is 23.7 Å². The second kappa shape index (κ2) is 8.04. The predicted molar refractivity (Wildman–Crippen MR) is 114 cm³/mol. The summed E-state index contributed by atoms with van der Waals surface area (Å²) in [6.45, 7) is 0.231. The van der Waals surface area contributed by atoms with Crippen LogP contribution in [-0.2, 0) is 29.4 Å². The Labute approximate surface area is 190 Å². The van der Waals surface area contributed by atoms with Crippen molar-refractivity contribution in [1.82, 2.24) is 14.5 Å². The molecule has 1 unspecified atom stereocenters. The number of anilines is 1. The standard InChI is InChI=1S/C22H19F3N4O5/c1-11-12(4-3-5-15(11)22(23,24)25)9-29-18(30)14(19(31)32)10-28(21(29)34)13-6-7-17-16(8-13)26-20(33)27(17)2/h3-8,14H,9-10H2,1-2H3,(H,26,33)(H,31,32). The number of nitrogens with zero attached hydrogens (tertiary/aromatic N) is 3. The maximum Gasteiger partial charge on any atom is 0.416 e. The normalized spacial score (nSPS) is 17.0. The average Bonchev–Trinajstić information content (AvgIpc) is 3.04. The number of aromatic nitrogens is 2. The molecular weight excluding hydrogens is 457 g/mol. The fraction of sp³-hybridized carbons (Fsp3) is 0.273. The molecule has 3 aromatic rings. The third kappa shape index (κ3) is 3.80. The number of hydrogen-bond donors (Lipinski definition) is 2. The number of benzene rings is 2. The van der Waals surface area contributed by atoms with E-state index in [1.54, 1.807) is 13.1 Å². The number of imide groups is 1. The number of carbonyl (C=O) groups is 3. The Kier molecular flexibility index (Phi) is 5.46. The van der Waals surface area contributed by atoms with E-state index in [-0.39, 0.29) is 16.8 Å². The van der Waals surface area contributed by atoms with Crippen LogP contribution in [0.5, 0.6) is 0 Å². The van der Waals surface area contributed by atoms with Gasteiger partial charge in [0, 0.05) is 19.3 Å². The van der Waals surface area contributed by atoms with Crippen LogP contribution in [0.1, 0.15) is 16.7 Å². The molecule has 12 heteroatoms. The van der Waals surface area contributed by atoms with Crippen molar-refractivity contribution in [1.29, 1.82) is 0 Å². The van der Waals surface area contributed by atoms with Crippen molar-refractivity contribution in [3.63, 3.8) is 0 Å². The van der Waals surface area contributed by atoms with E-state index in [0.717, 1.165) is 17.0 Å². The van der Waals surface area contributed by atoms with Crippen LogP contribution in [0.2, 0.25) is 0 Å². The van der Waals surface area contributed by atoms with Gasteiger partial charge in [0.05, 0.1) is 23.1 Å². The second-order valence-electron chi connectivity index (χ2n) is 7.99. The molecule has 178 valence electrons. The van der Waals surface area contributed by atoms with Crippen molar-refractivity contribution in [3.05, 3.63) is 63.6 Å². The van der Waals surface area contributed by atoms with Crippen molar-refractivity contribution in [3.8, 4) is 0 Å². The molecule has 4 rings (SSSR count). The maximum atomic E-state index is 13.3. The summed E-state index contributed by atoms with van der Waals surface area (Å²) in [5, 5.41) is 9.58. The van der Waals surface area contributed by atoms with Gasteiger partial charge in [-0.05, 0) is 42.3 Å². The lowest BCUT2D eigenvalue weighted by Gasteiger charge is -2.37. The molecule has 1 aliphatic rings. The number of carbonyl (C=O) groups excluding carboxylic acids is 2. The average molecular weight is 476 g/mol. The highest BCUT2D eigenvalue weighted by atomic mass is 19.4. The molecule has 2 N–H and O–H groups in total. The van der Waals surface area contributed by atoms with Crippen molar-refractivity contribution >= 4 is 34.6 Å². The predicted octanol–water partition coefficient (Wildman–Crippen LogP) is 2.86. The van der Waals surface area contributed by atoms with E-state index in [1.165, 1.54) is 29.7 Å². The number of carboxylic acids is 1. The van der Waals surface area contributed by atoms with Gasteiger partial charge in [0.25, 0.3) is 0 Å². The molecule has 1 saturated heterocycles. The smallest absolute Gasteiger partial charge is 0.416 e. The summed E-state index contributed by atoms with van der Waals surface area (Å²) in [5.41, 5.74) is -0.246. The number of H-pyrrole nitrogens is 1. The van der Waals surface area contributed by atoms with Gasteiger partial charge in [0.15, 0.2) is 5.92 Å². The van der Waals surface area contributed by atoms with Gasteiger partial charge in [-0.2, -0.15) is 13.2 Å². The van der Waals surface area contributed by atoms with Gasteiger partial charge in [-0.1, -0.05) is 12.1 Å². The minimum atomic E-state index is -4.63. The van der Waals surface area contributed by atoms with Gasteiger partial charge in [0.2, 0.25) is 5.91 Å². The molecule has 9 nitrogen and oxygen atoms in total. The quantitative estimate of drug-likeness (QED) is 0.562. The van der Waals surface area contributed by atoms with Crippen molar-refractivity contribution < 1.29 is 32.7 Å². The van der Waals surface area contributed by atoms with Gasteiger partial charge in [-0.15, -0.1) is 0 Å². The van der Waals surface area contributed by atoms with Crippen LogP contribution in [0.25, 0.3) is 11.0 Å². The van der Waals surface area contributed by atoms with Crippen LogP contribution < -0.4 is 10.6 Å². The zero-order chi connectivity index (χ0) is 24.9. The van der Waals surface area contributed by atoms with E-state index in [1.807, 2.05) is 0 Å². The first kappa shape index (κ1) is 23.1. The minimum Gasteiger partial charge on any atom is -0.481 e. The van der Waals surface area contributed by atoms with E-state index in [0.29, 0.717) is 15.9 Å². The molecule has 0 saturated carbocycles. The van der Waals surface area contributed by atoms with E-state index in [9.17, 15) is 37.5 Å². The number of nitrogens with one attached hydrogen (secondary N) is 1. The Morgan fingerprint density at radius 1 is 1.18 bits per heavy atom. The molecule has 2 heterocycles. The van der Waals surface area contributed by atoms with Gasteiger partial charge in [-0.3, -0.25) is 24.0 Å². The third-order valence-electron chi connectivity index (χ3n) is 5.97. The lowest BCUT2D eigenvalue weighted by Crippen LogP contribution is -2.58. The summed E-state index contributed by atoms with van der Waals surface area (Å²) in [5.74, 6) is -4.10. The summed E-state index contributed by atoms with van der Waals surface area (Å²) in [6, 6.07) is 7.05. The molecule has 3 amide bonds. The van der Waals surface area contributed by atoms with E-state index >= 15 is 0 Å². The summed E-state index contributed by atoms with van der Waals surface area (Å²) in [6.07, 6.45) is -4.63. The van der Waals surface area contributed by atoms with Gasteiger partial charge >= 0.3 is 23.9 Å². The number of rotatable bonds is 4. The molecule has 1 atom stereocenters.